The fourth-order valence-corrected chi connectivity index (χ4v) is 4.09. The van der Waals surface area contributed by atoms with E-state index in [9.17, 15) is 9.59 Å². The molecule has 164 valence electrons. The van der Waals surface area contributed by atoms with Crippen LogP contribution in [0.3, 0.4) is 0 Å². The Hall–Kier alpha value is -1.14. The number of nitrogens with two attached hydrogens (primary N) is 2. The van der Waals surface area contributed by atoms with Gasteiger partial charge in [0.05, 0.1) is 19.6 Å². The number of unbranched alkanes of at least 4 members (excludes halogenated alkanes) is 2. The van der Waals surface area contributed by atoms with Gasteiger partial charge in [-0.3, -0.25) is 9.59 Å². The monoisotopic (exact) mass is 398 g/mol. The van der Waals surface area contributed by atoms with Crippen LogP contribution in [0.15, 0.2) is 0 Å². The van der Waals surface area contributed by atoms with Crippen molar-refractivity contribution in [3.63, 3.8) is 0 Å². The zero-order valence-corrected chi connectivity index (χ0v) is 18.0. The van der Waals surface area contributed by atoms with Crippen LogP contribution in [0.1, 0.15) is 84.5 Å². The van der Waals surface area contributed by atoms with Crippen molar-refractivity contribution in [3.05, 3.63) is 0 Å². The van der Waals surface area contributed by atoms with Crippen molar-refractivity contribution < 1.29 is 19.1 Å². The lowest BCUT2D eigenvalue weighted by molar-refractivity contribution is -0.147. The van der Waals surface area contributed by atoms with Gasteiger partial charge in [-0.15, -0.1) is 0 Å². The molecule has 1 fully saturated rings. The summed E-state index contributed by atoms with van der Waals surface area (Å²) in [5.41, 5.74) is 11.6. The van der Waals surface area contributed by atoms with Crippen LogP contribution in [0.2, 0.25) is 0 Å². The zero-order valence-electron chi connectivity index (χ0n) is 18.0. The number of carbonyl (C=O) groups is 2. The first-order valence-electron chi connectivity index (χ1n) is 11.1. The lowest BCUT2D eigenvalue weighted by Crippen LogP contribution is -2.35. The second-order valence-electron chi connectivity index (χ2n) is 8.88. The van der Waals surface area contributed by atoms with E-state index in [1.807, 2.05) is 0 Å². The summed E-state index contributed by atoms with van der Waals surface area (Å²) in [6, 6.07) is 0. The maximum Gasteiger partial charge on any atom is 0.306 e. The normalized spacial score (nSPS) is 17.3. The molecule has 4 N–H and O–H groups in total. The van der Waals surface area contributed by atoms with E-state index in [2.05, 4.69) is 13.8 Å². The molecule has 1 atom stereocenters. The Morgan fingerprint density at radius 2 is 1.54 bits per heavy atom. The molecule has 1 aliphatic rings. The van der Waals surface area contributed by atoms with E-state index >= 15 is 0 Å². The number of hydrogen-bond donors (Lipinski definition) is 2. The highest BCUT2D eigenvalue weighted by molar-refractivity contribution is 5.70. The van der Waals surface area contributed by atoms with Crippen LogP contribution in [0.4, 0.5) is 0 Å². The van der Waals surface area contributed by atoms with E-state index in [1.54, 1.807) is 0 Å². The summed E-state index contributed by atoms with van der Waals surface area (Å²) in [6.45, 7) is 6.19. The Balaban J connectivity index is 2.06. The maximum atomic E-state index is 12.1. The molecule has 1 aliphatic carbocycles. The molecule has 1 saturated carbocycles. The van der Waals surface area contributed by atoms with Crippen LogP contribution in [-0.4, -0.2) is 38.2 Å². The quantitative estimate of drug-likeness (QED) is 0.342. The molecule has 0 saturated heterocycles. The van der Waals surface area contributed by atoms with E-state index in [4.69, 9.17) is 20.9 Å². The molecule has 1 rings (SSSR count). The number of carbonyl (C=O) groups excluding carboxylic acids is 2. The lowest BCUT2D eigenvalue weighted by atomic mass is 9.72. The van der Waals surface area contributed by atoms with Gasteiger partial charge >= 0.3 is 11.9 Å². The van der Waals surface area contributed by atoms with Gasteiger partial charge in [0.1, 0.15) is 0 Å². The van der Waals surface area contributed by atoms with Crippen molar-refractivity contribution in [2.24, 2.45) is 28.7 Å². The third-order valence-electron chi connectivity index (χ3n) is 5.77. The molecule has 28 heavy (non-hydrogen) atoms. The van der Waals surface area contributed by atoms with Gasteiger partial charge in [0, 0.05) is 6.42 Å². The summed E-state index contributed by atoms with van der Waals surface area (Å²) in [6.07, 6.45) is 9.86. The topological polar surface area (TPSA) is 105 Å². The van der Waals surface area contributed by atoms with Crippen LogP contribution in [0, 0.1) is 17.3 Å². The molecular weight excluding hydrogens is 356 g/mol. The summed E-state index contributed by atoms with van der Waals surface area (Å²) >= 11 is 0. The van der Waals surface area contributed by atoms with E-state index in [1.165, 1.54) is 6.42 Å². The summed E-state index contributed by atoms with van der Waals surface area (Å²) in [7, 11) is 0. The molecule has 0 heterocycles. The van der Waals surface area contributed by atoms with E-state index in [-0.39, 0.29) is 23.3 Å². The third-order valence-corrected chi connectivity index (χ3v) is 5.77. The minimum Gasteiger partial charge on any atom is -0.466 e. The second kappa shape index (κ2) is 13.9. The van der Waals surface area contributed by atoms with Crippen molar-refractivity contribution in [2.45, 2.75) is 84.5 Å². The van der Waals surface area contributed by atoms with E-state index < -0.39 is 0 Å². The minimum absolute atomic E-state index is 0.0412. The molecule has 0 aliphatic heterocycles. The average Bonchev–Trinajstić information content (AvgIpc) is 2.67. The van der Waals surface area contributed by atoms with Gasteiger partial charge in [-0.2, -0.15) is 0 Å². The molecule has 0 unspecified atom stereocenters. The van der Waals surface area contributed by atoms with E-state index in [0.717, 1.165) is 51.4 Å². The Morgan fingerprint density at radius 3 is 2.07 bits per heavy atom. The van der Waals surface area contributed by atoms with Gasteiger partial charge in [-0.1, -0.05) is 33.1 Å². The van der Waals surface area contributed by atoms with Gasteiger partial charge in [-0.05, 0) is 68.9 Å². The molecule has 6 heteroatoms. The summed E-state index contributed by atoms with van der Waals surface area (Å²) in [5.74, 6) is 0.439. The molecule has 0 bridgehead atoms. The van der Waals surface area contributed by atoms with Gasteiger partial charge in [0.15, 0.2) is 0 Å². The smallest absolute Gasteiger partial charge is 0.306 e. The number of esters is 2. The number of hydrogen-bond acceptors (Lipinski definition) is 6. The van der Waals surface area contributed by atoms with Crippen molar-refractivity contribution in [2.75, 3.05) is 26.3 Å². The molecular formula is C22H42N2O4. The van der Waals surface area contributed by atoms with Crippen molar-refractivity contribution >= 4 is 11.9 Å². The Kier molecular flexibility index (Phi) is 12.4. The van der Waals surface area contributed by atoms with Crippen molar-refractivity contribution in [1.29, 1.82) is 0 Å². The van der Waals surface area contributed by atoms with Crippen LogP contribution in [0.25, 0.3) is 0 Å². The molecule has 0 spiro atoms. The number of rotatable bonds is 14. The van der Waals surface area contributed by atoms with Crippen LogP contribution in [0.5, 0.6) is 0 Å². The van der Waals surface area contributed by atoms with Gasteiger partial charge in [0.2, 0.25) is 0 Å². The maximum absolute atomic E-state index is 12.1. The SMILES string of the molecule is CC(C)C[C@H](CN)CC(=O)OCCCCCOC(=O)CC1(CN)CCCCC1. The van der Waals surface area contributed by atoms with Gasteiger partial charge in [-0.25, -0.2) is 0 Å². The second-order valence-corrected chi connectivity index (χ2v) is 8.88. The highest BCUT2D eigenvalue weighted by Crippen LogP contribution is 2.38. The number of ether oxygens (including phenoxy) is 2. The van der Waals surface area contributed by atoms with Crippen molar-refractivity contribution in [1.82, 2.24) is 0 Å². The first-order valence-corrected chi connectivity index (χ1v) is 11.1. The van der Waals surface area contributed by atoms with E-state index in [0.29, 0.717) is 45.1 Å². The molecule has 0 aromatic carbocycles. The third kappa shape index (κ3) is 10.4. The molecule has 0 amide bonds. The first-order chi connectivity index (χ1) is 13.4. The first kappa shape index (κ1) is 24.9. The van der Waals surface area contributed by atoms with Crippen LogP contribution in [-0.2, 0) is 19.1 Å². The van der Waals surface area contributed by atoms with Gasteiger partial charge in [0.25, 0.3) is 0 Å². The molecule has 6 nitrogen and oxygen atoms in total. The summed E-state index contributed by atoms with van der Waals surface area (Å²) < 4.78 is 10.7. The lowest BCUT2D eigenvalue weighted by Gasteiger charge is -2.35. The average molecular weight is 399 g/mol. The van der Waals surface area contributed by atoms with Crippen LogP contribution >= 0.6 is 0 Å². The molecule has 0 radical (unpaired) electrons. The molecule has 0 aromatic rings. The van der Waals surface area contributed by atoms with Crippen molar-refractivity contribution in [3.8, 4) is 0 Å². The minimum atomic E-state index is -0.165. The van der Waals surface area contributed by atoms with Gasteiger partial charge < -0.3 is 20.9 Å². The Morgan fingerprint density at radius 1 is 0.929 bits per heavy atom. The van der Waals surface area contributed by atoms with Crippen LogP contribution < -0.4 is 11.5 Å². The predicted octanol–water partition coefficient (Wildman–Crippen LogP) is 3.55. The standard InChI is InChI=1S/C22H42N2O4/c1-18(2)13-19(16-23)14-20(25)27-11-7-4-8-12-28-21(26)15-22(17-24)9-5-3-6-10-22/h18-19H,3-17,23-24H2,1-2H3/t19-/m0/s1. The largest absolute Gasteiger partial charge is 0.466 e. The fourth-order valence-electron chi connectivity index (χ4n) is 4.09. The highest BCUT2D eigenvalue weighted by atomic mass is 16.5. The summed E-state index contributed by atoms with van der Waals surface area (Å²) in [4.78, 5) is 24.0. The highest BCUT2D eigenvalue weighted by Gasteiger charge is 2.33. The fraction of sp³-hybridized carbons (Fsp3) is 0.909. The Labute approximate surface area is 171 Å². The molecule has 0 aromatic heterocycles. The summed E-state index contributed by atoms with van der Waals surface area (Å²) in [5, 5.41) is 0. The predicted molar refractivity (Wildman–Crippen MR) is 112 cm³/mol. The zero-order chi connectivity index (χ0) is 20.8. The Bertz CT molecular complexity index is 448.